The van der Waals surface area contributed by atoms with Gasteiger partial charge in [0, 0.05) is 31.4 Å². The molecule has 5 heteroatoms. The quantitative estimate of drug-likeness (QED) is 0.548. The molecule has 1 rings (SSSR count). The first-order valence-electron chi connectivity index (χ1n) is 5.82. The number of carbonyl (C=O) groups is 1. The van der Waals surface area contributed by atoms with E-state index in [-0.39, 0.29) is 11.9 Å². The number of amides is 1. The molecule has 0 radical (unpaired) electrons. The first-order valence-corrected chi connectivity index (χ1v) is 7.23. The number of rotatable bonds is 5. The van der Waals surface area contributed by atoms with E-state index in [1.807, 2.05) is 13.8 Å². The molecule has 1 heterocycles. The van der Waals surface area contributed by atoms with E-state index in [0.29, 0.717) is 0 Å². The highest BCUT2D eigenvalue weighted by Crippen LogP contribution is 2.14. The van der Waals surface area contributed by atoms with Gasteiger partial charge in [0.25, 0.3) is 0 Å². The standard InChI is InChI=1S/C11H22N3OP/c1-10(2)13-11(15)3-4-12-9-14-5-7-16-8-6-14/h3-4,10,12,16H,5-9H2,1-2H3,(H,13,15)/b4-3+. The highest BCUT2D eigenvalue weighted by molar-refractivity contribution is 7.38. The van der Waals surface area contributed by atoms with Crippen LogP contribution in [-0.4, -0.2) is 48.9 Å². The van der Waals surface area contributed by atoms with Gasteiger partial charge >= 0.3 is 0 Å². The number of nitrogens with zero attached hydrogens (tertiary/aromatic N) is 1. The van der Waals surface area contributed by atoms with E-state index in [1.165, 1.54) is 25.4 Å². The lowest BCUT2D eigenvalue weighted by molar-refractivity contribution is -0.116. The van der Waals surface area contributed by atoms with Gasteiger partial charge in [-0.2, -0.15) is 0 Å². The third-order valence-electron chi connectivity index (χ3n) is 2.31. The van der Waals surface area contributed by atoms with Gasteiger partial charge in [-0.15, -0.1) is 8.58 Å². The lowest BCUT2D eigenvalue weighted by Crippen LogP contribution is -2.37. The predicted octanol–water partition coefficient (Wildman–Crippen LogP) is 0.566. The Morgan fingerprint density at radius 1 is 1.44 bits per heavy atom. The van der Waals surface area contributed by atoms with Crippen molar-refractivity contribution in [2.24, 2.45) is 0 Å². The maximum atomic E-state index is 11.3. The van der Waals surface area contributed by atoms with Crippen LogP contribution in [0.25, 0.3) is 0 Å². The average molecular weight is 243 g/mol. The highest BCUT2D eigenvalue weighted by atomic mass is 31.1. The Hall–Kier alpha value is -0.600. The lowest BCUT2D eigenvalue weighted by Gasteiger charge is -2.26. The smallest absolute Gasteiger partial charge is 0.245 e. The molecule has 4 nitrogen and oxygen atoms in total. The Bertz CT molecular complexity index is 237. The van der Waals surface area contributed by atoms with Crippen LogP contribution in [0.1, 0.15) is 13.8 Å². The minimum atomic E-state index is -0.0392. The van der Waals surface area contributed by atoms with Crippen molar-refractivity contribution in [3.05, 3.63) is 12.3 Å². The van der Waals surface area contributed by atoms with Crippen molar-refractivity contribution in [2.45, 2.75) is 19.9 Å². The molecule has 0 aromatic rings. The summed E-state index contributed by atoms with van der Waals surface area (Å²) in [4.78, 5) is 13.6. The number of nitrogens with one attached hydrogen (secondary N) is 2. The van der Waals surface area contributed by atoms with Crippen LogP contribution in [0.5, 0.6) is 0 Å². The second-order valence-corrected chi connectivity index (χ2v) is 5.73. The Morgan fingerprint density at radius 2 is 2.12 bits per heavy atom. The lowest BCUT2D eigenvalue weighted by atomic mass is 10.4. The van der Waals surface area contributed by atoms with Crippen LogP contribution in [0.15, 0.2) is 12.3 Å². The first kappa shape index (κ1) is 13.5. The highest BCUT2D eigenvalue weighted by Gasteiger charge is 2.07. The fourth-order valence-electron chi connectivity index (χ4n) is 1.52. The Morgan fingerprint density at radius 3 is 2.75 bits per heavy atom. The molecule has 0 saturated carbocycles. The van der Waals surface area contributed by atoms with Crippen molar-refractivity contribution in [3.8, 4) is 0 Å². The predicted molar refractivity (Wildman–Crippen MR) is 70.0 cm³/mol. The summed E-state index contributed by atoms with van der Waals surface area (Å²) in [5.41, 5.74) is 0. The minimum absolute atomic E-state index is 0.0392. The van der Waals surface area contributed by atoms with Gasteiger partial charge < -0.3 is 10.6 Å². The number of hydrogen-bond acceptors (Lipinski definition) is 3. The molecule has 1 amide bonds. The second kappa shape index (κ2) is 7.64. The average Bonchev–Trinajstić information content (AvgIpc) is 2.25. The molecule has 0 unspecified atom stereocenters. The first-order chi connectivity index (χ1) is 7.68. The summed E-state index contributed by atoms with van der Waals surface area (Å²) in [5.74, 6) is -0.0392. The monoisotopic (exact) mass is 243 g/mol. The SMILES string of the molecule is CC(C)NC(=O)/C=C/NCN1CCPCC1. The molecular formula is C11H22N3OP. The summed E-state index contributed by atoms with van der Waals surface area (Å²) in [6, 6.07) is 0.195. The molecule has 2 N–H and O–H groups in total. The Kier molecular flexibility index (Phi) is 6.43. The van der Waals surface area contributed by atoms with Crippen molar-refractivity contribution in [3.63, 3.8) is 0 Å². The van der Waals surface area contributed by atoms with Crippen molar-refractivity contribution in [2.75, 3.05) is 32.1 Å². The molecule has 0 aliphatic carbocycles. The summed E-state index contributed by atoms with van der Waals surface area (Å²) >= 11 is 0. The van der Waals surface area contributed by atoms with Crippen LogP contribution in [0.2, 0.25) is 0 Å². The summed E-state index contributed by atoms with van der Waals surface area (Å²) in [6.07, 6.45) is 5.92. The summed E-state index contributed by atoms with van der Waals surface area (Å²) in [6.45, 7) is 7.10. The van der Waals surface area contributed by atoms with Gasteiger partial charge in [-0.1, -0.05) is 0 Å². The second-order valence-electron chi connectivity index (χ2n) is 4.23. The van der Waals surface area contributed by atoms with Gasteiger partial charge in [0.15, 0.2) is 0 Å². The zero-order chi connectivity index (χ0) is 11.8. The Labute approximate surface area is 99.6 Å². The molecule has 0 bridgehead atoms. The fourth-order valence-corrected chi connectivity index (χ4v) is 2.72. The van der Waals surface area contributed by atoms with Crippen molar-refractivity contribution >= 4 is 14.5 Å². The zero-order valence-corrected chi connectivity index (χ0v) is 11.1. The molecule has 92 valence electrons. The van der Waals surface area contributed by atoms with Gasteiger partial charge in [-0.05, 0) is 26.2 Å². The third-order valence-corrected chi connectivity index (χ3v) is 3.46. The zero-order valence-electron chi connectivity index (χ0n) is 10.1. The van der Waals surface area contributed by atoms with Gasteiger partial charge in [0.05, 0.1) is 6.67 Å². The third kappa shape index (κ3) is 6.09. The maximum Gasteiger partial charge on any atom is 0.245 e. The molecule has 0 aromatic carbocycles. The van der Waals surface area contributed by atoms with E-state index >= 15 is 0 Å². The molecule has 0 aromatic heterocycles. The van der Waals surface area contributed by atoms with E-state index in [1.54, 1.807) is 12.3 Å². The van der Waals surface area contributed by atoms with E-state index in [2.05, 4.69) is 15.5 Å². The summed E-state index contributed by atoms with van der Waals surface area (Å²) < 4.78 is 0. The van der Waals surface area contributed by atoms with Crippen LogP contribution in [-0.2, 0) is 4.79 Å². The summed E-state index contributed by atoms with van der Waals surface area (Å²) in [5, 5.41) is 5.95. The molecular weight excluding hydrogens is 221 g/mol. The summed E-state index contributed by atoms with van der Waals surface area (Å²) in [7, 11) is 1.13. The van der Waals surface area contributed by atoms with Crippen molar-refractivity contribution < 1.29 is 4.79 Å². The number of hydrogen-bond donors (Lipinski definition) is 2. The van der Waals surface area contributed by atoms with Gasteiger partial charge in [-0.25, -0.2) is 0 Å². The van der Waals surface area contributed by atoms with Crippen molar-refractivity contribution in [1.82, 2.24) is 15.5 Å². The minimum Gasteiger partial charge on any atom is -0.378 e. The molecule has 1 fully saturated rings. The topological polar surface area (TPSA) is 44.4 Å². The maximum absolute atomic E-state index is 11.3. The molecule has 0 spiro atoms. The molecule has 1 saturated heterocycles. The van der Waals surface area contributed by atoms with Crippen LogP contribution in [0, 0.1) is 0 Å². The normalized spacial score (nSPS) is 17.9. The van der Waals surface area contributed by atoms with Crippen molar-refractivity contribution in [1.29, 1.82) is 0 Å². The van der Waals surface area contributed by atoms with Crippen LogP contribution in [0.4, 0.5) is 0 Å². The molecule has 0 atom stereocenters. The largest absolute Gasteiger partial charge is 0.378 e. The van der Waals surface area contributed by atoms with Crippen LogP contribution in [0.3, 0.4) is 0 Å². The van der Waals surface area contributed by atoms with Crippen LogP contribution >= 0.6 is 8.58 Å². The van der Waals surface area contributed by atoms with E-state index < -0.39 is 0 Å². The van der Waals surface area contributed by atoms with Crippen LogP contribution < -0.4 is 10.6 Å². The van der Waals surface area contributed by atoms with Gasteiger partial charge in [-0.3, -0.25) is 9.69 Å². The fraction of sp³-hybridized carbons (Fsp3) is 0.727. The molecule has 16 heavy (non-hydrogen) atoms. The number of carbonyl (C=O) groups excluding carboxylic acids is 1. The van der Waals surface area contributed by atoms with E-state index in [9.17, 15) is 4.79 Å². The Balaban J connectivity index is 2.09. The van der Waals surface area contributed by atoms with E-state index in [0.717, 1.165) is 15.2 Å². The van der Waals surface area contributed by atoms with E-state index in [4.69, 9.17) is 0 Å². The molecule has 1 aliphatic rings. The van der Waals surface area contributed by atoms with Gasteiger partial charge in [0.2, 0.25) is 5.91 Å². The molecule has 1 aliphatic heterocycles. The van der Waals surface area contributed by atoms with Gasteiger partial charge in [0.1, 0.15) is 0 Å².